The average molecular weight is 471 g/mol. The Kier molecular flexibility index (Phi) is 22.6. The fourth-order valence-corrected chi connectivity index (χ4v) is 4.20. The molecule has 33 heavy (non-hydrogen) atoms. The Bertz CT molecular complexity index is 419. The summed E-state index contributed by atoms with van der Waals surface area (Å²) in [5.74, 6) is 0. The third kappa shape index (κ3) is 20.9. The first-order chi connectivity index (χ1) is 16.1. The molecule has 0 saturated carbocycles. The summed E-state index contributed by atoms with van der Waals surface area (Å²) in [5, 5.41) is 6.12. The molecule has 2 unspecified atom stereocenters. The molecule has 2 atom stereocenters. The number of alkyl carbamates (subject to hydrolysis) is 2. The zero-order valence-corrected chi connectivity index (χ0v) is 22.2. The fourth-order valence-electron chi connectivity index (χ4n) is 4.20. The number of carbonyl (C=O) groups is 2. The Morgan fingerprint density at radius 1 is 0.515 bits per heavy atom. The van der Waals surface area contributed by atoms with E-state index in [1.165, 1.54) is 51.4 Å². The lowest BCUT2D eigenvalue weighted by atomic mass is 9.98. The molecule has 6 nitrogen and oxygen atoms in total. The van der Waals surface area contributed by atoms with Gasteiger partial charge in [0.25, 0.3) is 0 Å². The van der Waals surface area contributed by atoms with Gasteiger partial charge < -0.3 is 20.1 Å². The molecule has 0 aliphatic heterocycles. The molecular formula is C27H54N2O4. The van der Waals surface area contributed by atoms with E-state index in [-0.39, 0.29) is 24.3 Å². The van der Waals surface area contributed by atoms with Crippen molar-refractivity contribution in [3.05, 3.63) is 0 Å². The molecule has 0 rings (SSSR count). The van der Waals surface area contributed by atoms with E-state index in [0.717, 1.165) is 57.8 Å². The quantitative estimate of drug-likeness (QED) is 0.158. The van der Waals surface area contributed by atoms with Gasteiger partial charge in [-0.15, -0.1) is 0 Å². The van der Waals surface area contributed by atoms with Gasteiger partial charge in [-0.2, -0.15) is 0 Å². The maximum Gasteiger partial charge on any atom is 0.407 e. The number of hydrogen-bond acceptors (Lipinski definition) is 4. The maximum atomic E-state index is 11.9. The first-order valence-electron chi connectivity index (χ1n) is 13.9. The van der Waals surface area contributed by atoms with Gasteiger partial charge in [0.05, 0.1) is 13.2 Å². The van der Waals surface area contributed by atoms with Crippen molar-refractivity contribution in [1.29, 1.82) is 0 Å². The van der Waals surface area contributed by atoms with E-state index in [1.807, 2.05) is 13.8 Å². The van der Waals surface area contributed by atoms with Gasteiger partial charge in [0, 0.05) is 12.1 Å². The van der Waals surface area contributed by atoms with Gasteiger partial charge in [-0.3, -0.25) is 0 Å². The molecule has 0 radical (unpaired) electrons. The van der Waals surface area contributed by atoms with Crippen LogP contribution in [0.5, 0.6) is 0 Å². The number of unbranched alkanes of at least 4 members (excludes halogenated alkanes) is 10. The average Bonchev–Trinajstić information content (AvgIpc) is 2.78. The van der Waals surface area contributed by atoms with Crippen LogP contribution in [0.15, 0.2) is 0 Å². The van der Waals surface area contributed by atoms with Crippen LogP contribution in [0.25, 0.3) is 0 Å². The Morgan fingerprint density at radius 2 is 0.818 bits per heavy atom. The van der Waals surface area contributed by atoms with E-state index >= 15 is 0 Å². The zero-order valence-electron chi connectivity index (χ0n) is 22.2. The van der Waals surface area contributed by atoms with Gasteiger partial charge in [-0.05, 0) is 39.5 Å². The van der Waals surface area contributed by atoms with E-state index < -0.39 is 0 Å². The Labute approximate surface area is 204 Å². The first-order valence-corrected chi connectivity index (χ1v) is 13.9. The topological polar surface area (TPSA) is 76.7 Å². The lowest BCUT2D eigenvalue weighted by Crippen LogP contribution is -2.35. The number of nitrogens with one attached hydrogen (secondary N) is 2. The van der Waals surface area contributed by atoms with Crippen molar-refractivity contribution < 1.29 is 19.1 Å². The van der Waals surface area contributed by atoms with Crippen molar-refractivity contribution in [3.8, 4) is 0 Å². The number of amides is 2. The molecule has 0 aromatic heterocycles. The number of rotatable bonds is 22. The lowest BCUT2D eigenvalue weighted by Gasteiger charge is -2.20. The van der Waals surface area contributed by atoms with Crippen LogP contribution in [-0.2, 0) is 9.47 Å². The normalized spacial score (nSPS) is 12.7. The summed E-state index contributed by atoms with van der Waals surface area (Å²) in [6, 6.07) is 0.385. The Hall–Kier alpha value is -1.46. The minimum atomic E-state index is -0.294. The highest BCUT2D eigenvalue weighted by molar-refractivity contribution is 5.67. The summed E-state index contributed by atoms with van der Waals surface area (Å²) in [4.78, 5) is 23.8. The van der Waals surface area contributed by atoms with Gasteiger partial charge in [0.1, 0.15) is 0 Å². The van der Waals surface area contributed by atoms with Crippen molar-refractivity contribution >= 4 is 12.2 Å². The van der Waals surface area contributed by atoms with Crippen LogP contribution in [-0.4, -0.2) is 37.5 Å². The van der Waals surface area contributed by atoms with E-state index in [1.54, 1.807) is 0 Å². The zero-order chi connectivity index (χ0) is 24.6. The summed E-state index contributed by atoms with van der Waals surface area (Å²) in [5.41, 5.74) is 0. The smallest absolute Gasteiger partial charge is 0.407 e. The summed E-state index contributed by atoms with van der Waals surface area (Å²) >= 11 is 0. The molecule has 2 amide bonds. The van der Waals surface area contributed by atoms with Gasteiger partial charge in [0.2, 0.25) is 0 Å². The summed E-state index contributed by atoms with van der Waals surface area (Å²) < 4.78 is 10.2. The summed E-state index contributed by atoms with van der Waals surface area (Å²) in [6.45, 7) is 8.94. The van der Waals surface area contributed by atoms with E-state index in [4.69, 9.17) is 9.47 Å². The van der Waals surface area contributed by atoms with E-state index in [2.05, 4.69) is 24.5 Å². The van der Waals surface area contributed by atoms with Crippen LogP contribution in [0.2, 0.25) is 0 Å². The van der Waals surface area contributed by atoms with Crippen LogP contribution in [0, 0.1) is 0 Å². The minimum absolute atomic E-state index is 0.192. The van der Waals surface area contributed by atoms with Gasteiger partial charge in [-0.1, -0.05) is 97.3 Å². The molecular weight excluding hydrogens is 416 g/mol. The molecule has 0 aliphatic carbocycles. The second-order valence-electron chi connectivity index (χ2n) is 9.17. The van der Waals surface area contributed by atoms with Crippen LogP contribution in [0.4, 0.5) is 9.59 Å². The Morgan fingerprint density at radius 3 is 1.12 bits per heavy atom. The van der Waals surface area contributed by atoms with E-state index in [0.29, 0.717) is 13.2 Å². The molecule has 0 heterocycles. The fraction of sp³-hybridized carbons (Fsp3) is 0.926. The predicted octanol–water partition coefficient (Wildman–Crippen LogP) is 7.89. The lowest BCUT2D eigenvalue weighted by molar-refractivity contribution is 0.146. The van der Waals surface area contributed by atoms with Gasteiger partial charge in [0.15, 0.2) is 0 Å². The first kappa shape index (κ1) is 31.5. The number of carbonyl (C=O) groups excluding carboxylic acids is 2. The highest BCUT2D eigenvalue weighted by atomic mass is 16.6. The maximum absolute atomic E-state index is 11.9. The molecule has 0 aliphatic rings. The van der Waals surface area contributed by atoms with Crippen LogP contribution in [0.3, 0.4) is 0 Å². The van der Waals surface area contributed by atoms with Crippen molar-refractivity contribution in [2.75, 3.05) is 13.2 Å². The monoisotopic (exact) mass is 470 g/mol. The van der Waals surface area contributed by atoms with Crippen molar-refractivity contribution in [2.45, 2.75) is 149 Å². The second kappa shape index (κ2) is 23.7. The molecule has 196 valence electrons. The van der Waals surface area contributed by atoms with Gasteiger partial charge >= 0.3 is 12.2 Å². The van der Waals surface area contributed by atoms with Gasteiger partial charge in [-0.25, -0.2) is 9.59 Å². The molecule has 0 fully saturated rings. The van der Waals surface area contributed by atoms with Crippen molar-refractivity contribution in [1.82, 2.24) is 10.6 Å². The third-order valence-corrected chi connectivity index (χ3v) is 6.11. The summed E-state index contributed by atoms with van der Waals surface area (Å²) in [7, 11) is 0. The highest BCUT2D eigenvalue weighted by Crippen LogP contribution is 2.16. The number of ether oxygens (including phenoxy) is 2. The largest absolute Gasteiger partial charge is 0.450 e. The second-order valence-corrected chi connectivity index (χ2v) is 9.17. The van der Waals surface area contributed by atoms with Crippen LogP contribution >= 0.6 is 0 Å². The molecule has 0 aromatic rings. The highest BCUT2D eigenvalue weighted by Gasteiger charge is 2.15. The SMILES string of the molecule is CCCCCCCC(CCCCCC(CCCCCCC)NC(=O)OCC)NC(=O)OCC. The van der Waals surface area contributed by atoms with E-state index in [9.17, 15) is 9.59 Å². The minimum Gasteiger partial charge on any atom is -0.450 e. The van der Waals surface area contributed by atoms with Crippen LogP contribution in [0.1, 0.15) is 137 Å². The molecule has 6 heteroatoms. The third-order valence-electron chi connectivity index (χ3n) is 6.11. The molecule has 0 saturated heterocycles. The number of hydrogen-bond donors (Lipinski definition) is 2. The molecule has 0 bridgehead atoms. The molecule has 0 aromatic carbocycles. The van der Waals surface area contributed by atoms with Crippen molar-refractivity contribution in [3.63, 3.8) is 0 Å². The standard InChI is InChI=1S/C27H54N2O4/c1-5-9-11-13-16-20-24(28-26(30)32-7-3)22-18-15-19-23-25(29-27(31)33-8-4)21-17-14-12-10-6-2/h24-25H,5-23H2,1-4H3,(H,28,30)(H,29,31). The van der Waals surface area contributed by atoms with Crippen LogP contribution < -0.4 is 10.6 Å². The molecule has 0 spiro atoms. The van der Waals surface area contributed by atoms with Crippen molar-refractivity contribution in [2.24, 2.45) is 0 Å². The summed E-state index contributed by atoms with van der Waals surface area (Å²) in [6.07, 6.45) is 19.1. The Balaban J connectivity index is 4.34. The molecule has 2 N–H and O–H groups in total. The predicted molar refractivity (Wildman–Crippen MR) is 138 cm³/mol.